The fraction of sp³-hybridized carbons (Fsp3) is 0.667. The third kappa shape index (κ3) is 2.27. The topological polar surface area (TPSA) is 43.6 Å². The maximum atomic E-state index is 5.91. The molecule has 94 valence electrons. The lowest BCUT2D eigenvalue weighted by Crippen LogP contribution is -2.41. The highest BCUT2D eigenvalue weighted by Crippen LogP contribution is 2.36. The molecule has 5 heteroatoms. The Balaban J connectivity index is 2.14. The van der Waals surface area contributed by atoms with Crippen LogP contribution in [0.3, 0.4) is 0 Å². The van der Waals surface area contributed by atoms with Gasteiger partial charge in [0.15, 0.2) is 0 Å². The van der Waals surface area contributed by atoms with Crippen LogP contribution in [0, 0.1) is 0 Å². The van der Waals surface area contributed by atoms with Crippen molar-refractivity contribution in [1.29, 1.82) is 0 Å². The summed E-state index contributed by atoms with van der Waals surface area (Å²) in [4.78, 5) is 0. The Morgan fingerprint density at radius 2 is 1.71 bits per heavy atom. The summed E-state index contributed by atoms with van der Waals surface area (Å²) in [6.07, 6.45) is 0. The van der Waals surface area contributed by atoms with Crippen LogP contribution in [0.5, 0.6) is 0 Å². The van der Waals surface area contributed by atoms with Gasteiger partial charge in [0.05, 0.1) is 17.7 Å². The van der Waals surface area contributed by atoms with E-state index in [9.17, 15) is 0 Å². The molecule has 0 unspecified atom stereocenters. The van der Waals surface area contributed by atoms with Crippen LogP contribution in [0.1, 0.15) is 33.5 Å². The monoisotopic (exact) mass is 237 g/mol. The molecule has 0 bridgehead atoms. The molecule has 0 aromatic carbocycles. The van der Waals surface area contributed by atoms with Crippen LogP contribution >= 0.6 is 0 Å². The molecule has 0 radical (unpaired) electrons. The number of hydrogen-bond donors (Lipinski definition) is 1. The summed E-state index contributed by atoms with van der Waals surface area (Å²) < 4.78 is 17.5. The third-order valence-electron chi connectivity index (χ3n) is 3.52. The Labute approximate surface area is 103 Å². The van der Waals surface area contributed by atoms with Crippen LogP contribution < -0.4 is 11.0 Å². The van der Waals surface area contributed by atoms with Crippen LogP contribution in [0.15, 0.2) is 16.5 Å². The second-order valence-corrected chi connectivity index (χ2v) is 5.42. The van der Waals surface area contributed by atoms with Gasteiger partial charge >= 0.3 is 7.12 Å². The standard InChI is InChI=1S/C12H20BNO3/c1-11(2)12(3,4)17-13(16-11)10-7-6-9(15-10)8-14-5/h6-7,14H,8H2,1-5H3. The van der Waals surface area contributed by atoms with E-state index < -0.39 is 7.12 Å². The van der Waals surface area contributed by atoms with Crippen molar-refractivity contribution in [2.24, 2.45) is 0 Å². The molecule has 4 nitrogen and oxygen atoms in total. The van der Waals surface area contributed by atoms with Crippen molar-refractivity contribution in [1.82, 2.24) is 5.32 Å². The minimum Gasteiger partial charge on any atom is -0.468 e. The first-order chi connectivity index (χ1) is 7.86. The molecular formula is C12H20BNO3. The normalized spacial score (nSPS) is 22.1. The molecule has 1 saturated heterocycles. The predicted molar refractivity (Wildman–Crippen MR) is 67.2 cm³/mol. The van der Waals surface area contributed by atoms with Gasteiger partial charge in [0.25, 0.3) is 0 Å². The van der Waals surface area contributed by atoms with Crippen LogP contribution in [-0.2, 0) is 15.9 Å². The zero-order valence-electron chi connectivity index (χ0n) is 11.2. The Morgan fingerprint density at radius 1 is 1.12 bits per heavy atom. The first kappa shape index (κ1) is 12.7. The largest absolute Gasteiger partial charge is 0.532 e. The highest BCUT2D eigenvalue weighted by atomic mass is 16.7. The average Bonchev–Trinajstić information content (AvgIpc) is 2.71. The minimum atomic E-state index is -0.411. The molecule has 0 aliphatic carbocycles. The van der Waals surface area contributed by atoms with Gasteiger partial charge in [-0.2, -0.15) is 0 Å². The minimum absolute atomic E-state index is 0.326. The van der Waals surface area contributed by atoms with Crippen molar-refractivity contribution in [3.05, 3.63) is 17.9 Å². The van der Waals surface area contributed by atoms with Gasteiger partial charge in [-0.3, -0.25) is 0 Å². The van der Waals surface area contributed by atoms with Gasteiger partial charge < -0.3 is 19.0 Å². The van der Waals surface area contributed by atoms with Crippen molar-refractivity contribution >= 4 is 12.8 Å². The molecule has 1 aromatic heterocycles. The summed E-state index contributed by atoms with van der Waals surface area (Å²) in [6, 6.07) is 3.85. The maximum Gasteiger partial charge on any atom is 0.532 e. The second-order valence-electron chi connectivity index (χ2n) is 5.42. The first-order valence-electron chi connectivity index (χ1n) is 5.94. The van der Waals surface area contributed by atoms with Crippen LogP contribution in [0.25, 0.3) is 0 Å². The molecule has 0 spiro atoms. The Bertz CT molecular complexity index is 384. The maximum absolute atomic E-state index is 5.91. The molecule has 0 saturated carbocycles. The van der Waals surface area contributed by atoms with Gasteiger partial charge in [0.2, 0.25) is 0 Å². The van der Waals surface area contributed by atoms with E-state index >= 15 is 0 Å². The molecule has 2 heterocycles. The molecule has 1 aliphatic rings. The third-order valence-corrected chi connectivity index (χ3v) is 3.52. The van der Waals surface area contributed by atoms with Gasteiger partial charge in [0, 0.05) is 0 Å². The van der Waals surface area contributed by atoms with E-state index in [1.807, 2.05) is 46.9 Å². The number of hydrogen-bond acceptors (Lipinski definition) is 4. The summed E-state index contributed by atoms with van der Waals surface area (Å²) in [5.74, 6) is 0.886. The van der Waals surface area contributed by atoms with E-state index in [1.54, 1.807) is 0 Å². The molecule has 1 fully saturated rings. The van der Waals surface area contributed by atoms with E-state index in [0.717, 1.165) is 11.4 Å². The Kier molecular flexibility index (Phi) is 3.10. The molecule has 0 atom stereocenters. The van der Waals surface area contributed by atoms with E-state index in [4.69, 9.17) is 13.7 Å². The lowest BCUT2D eigenvalue weighted by Gasteiger charge is -2.32. The van der Waals surface area contributed by atoms with E-state index in [1.165, 1.54) is 0 Å². The molecule has 0 amide bonds. The SMILES string of the molecule is CNCc1ccc(B2OC(C)(C)C(C)(C)O2)o1. The molecule has 1 aliphatic heterocycles. The predicted octanol–water partition coefficient (Wildman–Crippen LogP) is 1.30. The van der Waals surface area contributed by atoms with Crippen molar-refractivity contribution in [2.45, 2.75) is 45.4 Å². The lowest BCUT2D eigenvalue weighted by molar-refractivity contribution is 0.00578. The van der Waals surface area contributed by atoms with Gasteiger partial charge in [-0.15, -0.1) is 0 Å². The Hall–Kier alpha value is -0.775. The van der Waals surface area contributed by atoms with Gasteiger partial charge in [0.1, 0.15) is 11.4 Å². The zero-order valence-corrected chi connectivity index (χ0v) is 11.2. The van der Waals surface area contributed by atoms with E-state index in [0.29, 0.717) is 6.54 Å². The number of nitrogens with one attached hydrogen (secondary N) is 1. The van der Waals surface area contributed by atoms with Crippen molar-refractivity contribution in [3.63, 3.8) is 0 Å². The summed E-state index contributed by atoms with van der Waals surface area (Å²) in [5.41, 5.74) is 0.0789. The number of rotatable bonds is 3. The summed E-state index contributed by atoms with van der Waals surface area (Å²) >= 11 is 0. The van der Waals surface area contributed by atoms with Crippen molar-refractivity contribution in [3.8, 4) is 0 Å². The van der Waals surface area contributed by atoms with Crippen molar-refractivity contribution < 1.29 is 13.7 Å². The average molecular weight is 237 g/mol. The first-order valence-corrected chi connectivity index (χ1v) is 5.94. The van der Waals surface area contributed by atoms with Gasteiger partial charge in [-0.1, -0.05) is 0 Å². The van der Waals surface area contributed by atoms with Crippen LogP contribution in [0.2, 0.25) is 0 Å². The van der Waals surface area contributed by atoms with Gasteiger partial charge in [-0.05, 0) is 46.9 Å². The molecular weight excluding hydrogens is 217 g/mol. The highest BCUT2D eigenvalue weighted by Gasteiger charge is 2.53. The quantitative estimate of drug-likeness (QED) is 0.804. The summed E-state index contributed by atoms with van der Waals surface area (Å²) in [6.45, 7) is 8.84. The van der Waals surface area contributed by atoms with Crippen molar-refractivity contribution in [2.75, 3.05) is 7.05 Å². The number of furan rings is 1. The highest BCUT2D eigenvalue weighted by molar-refractivity contribution is 6.60. The summed E-state index contributed by atoms with van der Waals surface area (Å²) in [5, 5.41) is 3.05. The lowest BCUT2D eigenvalue weighted by atomic mass is 9.86. The summed E-state index contributed by atoms with van der Waals surface area (Å²) in [7, 11) is 1.47. The van der Waals surface area contributed by atoms with Crippen LogP contribution in [-0.4, -0.2) is 25.4 Å². The smallest absolute Gasteiger partial charge is 0.468 e. The zero-order chi connectivity index (χ0) is 12.7. The van der Waals surface area contributed by atoms with Gasteiger partial charge in [-0.25, -0.2) is 0 Å². The molecule has 1 N–H and O–H groups in total. The molecule has 1 aromatic rings. The second kappa shape index (κ2) is 4.16. The fourth-order valence-electron chi connectivity index (χ4n) is 1.75. The molecule has 17 heavy (non-hydrogen) atoms. The van der Waals surface area contributed by atoms with E-state index in [-0.39, 0.29) is 11.2 Å². The van der Waals surface area contributed by atoms with Crippen LogP contribution in [0.4, 0.5) is 0 Å². The fourth-order valence-corrected chi connectivity index (χ4v) is 1.75. The molecule has 2 rings (SSSR count). The van der Waals surface area contributed by atoms with E-state index in [2.05, 4.69) is 5.32 Å². The Morgan fingerprint density at radius 3 is 2.24 bits per heavy atom.